The quantitative estimate of drug-likeness (QED) is 0.387. The van der Waals surface area contributed by atoms with Crippen molar-refractivity contribution in [3.8, 4) is 10.4 Å². The summed E-state index contributed by atoms with van der Waals surface area (Å²) < 4.78 is 5.18. The fraction of sp³-hybridized carbons (Fsp3) is 0.304. The molecular formula is C23H22N6O3S2. The Balaban J connectivity index is 1.07. The number of hydrogen-bond donors (Lipinski definition) is 3. The van der Waals surface area contributed by atoms with Gasteiger partial charge in [-0.3, -0.25) is 9.59 Å². The predicted octanol–water partition coefficient (Wildman–Crippen LogP) is 3.53. The van der Waals surface area contributed by atoms with Gasteiger partial charge in [0.15, 0.2) is 11.4 Å². The highest BCUT2D eigenvalue weighted by Gasteiger charge is 2.35. The summed E-state index contributed by atoms with van der Waals surface area (Å²) in [6.07, 6.45) is 3.72. The molecule has 4 aromatic rings. The number of carbonyl (C=O) groups is 2. The molecule has 2 saturated heterocycles. The second-order valence-corrected chi connectivity index (χ2v) is 10.7. The Hall–Kier alpha value is -3.28. The van der Waals surface area contributed by atoms with Crippen molar-refractivity contribution in [3.05, 3.63) is 46.4 Å². The van der Waals surface area contributed by atoms with Crippen LogP contribution in [0.15, 0.2) is 41.1 Å². The Kier molecular flexibility index (Phi) is 5.31. The molecule has 174 valence electrons. The van der Waals surface area contributed by atoms with Crippen LogP contribution in [0.25, 0.3) is 21.4 Å². The first-order valence-corrected chi connectivity index (χ1v) is 12.7. The lowest BCUT2D eigenvalue weighted by Crippen LogP contribution is -2.48. The Bertz CT molecular complexity index is 1380. The van der Waals surface area contributed by atoms with E-state index in [2.05, 4.69) is 20.8 Å². The zero-order valence-corrected chi connectivity index (χ0v) is 19.7. The van der Waals surface area contributed by atoms with Crippen LogP contribution in [0.4, 0.5) is 10.8 Å². The number of thiazole rings is 1. The minimum Gasteiger partial charge on any atom is -0.380 e. The predicted molar refractivity (Wildman–Crippen MR) is 132 cm³/mol. The van der Waals surface area contributed by atoms with Crippen LogP contribution >= 0.6 is 22.7 Å². The van der Waals surface area contributed by atoms with Gasteiger partial charge in [-0.05, 0) is 55.3 Å². The summed E-state index contributed by atoms with van der Waals surface area (Å²) in [6, 6.07) is 9.23. The summed E-state index contributed by atoms with van der Waals surface area (Å²) in [6.45, 7) is 2.14. The second kappa shape index (κ2) is 8.49. The van der Waals surface area contributed by atoms with Gasteiger partial charge in [-0.2, -0.15) is 0 Å². The van der Waals surface area contributed by atoms with Gasteiger partial charge in [0, 0.05) is 25.2 Å². The van der Waals surface area contributed by atoms with Crippen molar-refractivity contribution in [1.82, 2.24) is 20.4 Å². The lowest BCUT2D eigenvalue weighted by atomic mass is 10.0. The zero-order valence-electron chi connectivity index (χ0n) is 18.1. The third-order valence-electron chi connectivity index (χ3n) is 6.26. The normalized spacial score (nSPS) is 18.4. The number of thiophene rings is 1. The first-order chi connectivity index (χ1) is 16.5. The summed E-state index contributed by atoms with van der Waals surface area (Å²) in [4.78, 5) is 33.3. The maximum atomic E-state index is 12.9. The number of rotatable bonds is 5. The highest BCUT2D eigenvalue weighted by molar-refractivity contribution is 7.18. The van der Waals surface area contributed by atoms with Gasteiger partial charge in [0.2, 0.25) is 5.91 Å². The van der Waals surface area contributed by atoms with Gasteiger partial charge in [0.25, 0.3) is 5.91 Å². The van der Waals surface area contributed by atoms with Crippen LogP contribution in [0.2, 0.25) is 0 Å². The standard InChI is InChI=1S/C23H22N6O3S2/c24-20-14-8-12(3-4-16(14)32-28-20)18-9-26-22(34-18)13-10-29(11-13)23(31)17-5-6-19(33-17)27-21(30)15-2-1-7-25-15/h3-6,8-9,13,15,25H,1-2,7,10-11H2,(H2,24,28)(H,27,30)/t15-/m0/s1. The number of aromatic nitrogens is 2. The fourth-order valence-corrected chi connectivity index (χ4v) is 6.19. The average molecular weight is 495 g/mol. The first-order valence-electron chi connectivity index (χ1n) is 11.1. The molecule has 1 aromatic carbocycles. The minimum atomic E-state index is -0.142. The van der Waals surface area contributed by atoms with Crippen LogP contribution in [0, 0.1) is 0 Å². The maximum absolute atomic E-state index is 12.9. The summed E-state index contributed by atoms with van der Waals surface area (Å²) in [5, 5.41) is 12.4. The zero-order chi connectivity index (χ0) is 23.2. The molecule has 2 aliphatic rings. The van der Waals surface area contributed by atoms with Crippen LogP contribution in [-0.2, 0) is 4.79 Å². The highest BCUT2D eigenvalue weighted by atomic mass is 32.1. The van der Waals surface area contributed by atoms with E-state index in [9.17, 15) is 9.59 Å². The number of likely N-dealkylation sites (tertiary alicyclic amines) is 1. The highest BCUT2D eigenvalue weighted by Crippen LogP contribution is 2.37. The SMILES string of the molecule is Nc1noc2ccc(-c3cnc(C4CN(C(=O)c5ccc(NC(=O)[C@@H]6CCCN6)s5)C4)s3)cc12. The Morgan fingerprint density at radius 3 is 2.91 bits per heavy atom. The van der Waals surface area contributed by atoms with E-state index in [1.165, 1.54) is 11.3 Å². The van der Waals surface area contributed by atoms with Gasteiger partial charge in [-0.15, -0.1) is 22.7 Å². The van der Waals surface area contributed by atoms with Gasteiger partial charge >= 0.3 is 0 Å². The largest absolute Gasteiger partial charge is 0.380 e. The lowest BCUT2D eigenvalue weighted by Gasteiger charge is -2.37. The molecule has 3 aromatic heterocycles. The maximum Gasteiger partial charge on any atom is 0.264 e. The number of nitrogens with one attached hydrogen (secondary N) is 2. The molecule has 0 spiro atoms. The molecular weight excluding hydrogens is 472 g/mol. The van der Waals surface area contributed by atoms with Crippen LogP contribution in [0.5, 0.6) is 0 Å². The third-order valence-corrected chi connectivity index (χ3v) is 8.46. The van der Waals surface area contributed by atoms with E-state index in [0.717, 1.165) is 40.2 Å². The number of nitrogens with two attached hydrogens (primary N) is 1. The van der Waals surface area contributed by atoms with Crippen LogP contribution in [0.1, 0.15) is 33.4 Å². The number of fused-ring (bicyclic) bond motifs is 1. The summed E-state index contributed by atoms with van der Waals surface area (Å²) in [5.41, 5.74) is 7.55. The molecule has 1 atom stereocenters. The fourth-order valence-electron chi connectivity index (χ4n) is 4.31. The number of carbonyl (C=O) groups excluding carboxylic acids is 2. The molecule has 0 aliphatic carbocycles. The third kappa shape index (κ3) is 3.85. The Labute approximate surface area is 202 Å². The smallest absolute Gasteiger partial charge is 0.264 e. The van der Waals surface area contributed by atoms with E-state index in [-0.39, 0.29) is 23.8 Å². The van der Waals surface area contributed by atoms with Gasteiger partial charge in [0.05, 0.1) is 31.2 Å². The number of nitrogens with zero attached hydrogens (tertiary/aromatic N) is 3. The number of hydrogen-bond acceptors (Lipinski definition) is 9. The van der Waals surface area contributed by atoms with Crippen molar-refractivity contribution in [2.45, 2.75) is 24.8 Å². The Morgan fingerprint density at radius 1 is 1.21 bits per heavy atom. The molecule has 2 amide bonds. The minimum absolute atomic E-state index is 0.00842. The van der Waals surface area contributed by atoms with Gasteiger partial charge in [-0.1, -0.05) is 5.16 Å². The van der Waals surface area contributed by atoms with E-state index >= 15 is 0 Å². The number of nitrogen functional groups attached to an aromatic ring is 1. The monoisotopic (exact) mass is 494 g/mol. The number of amides is 2. The second-order valence-electron chi connectivity index (χ2n) is 8.55. The van der Waals surface area contributed by atoms with Crippen molar-refractivity contribution < 1.29 is 14.1 Å². The summed E-state index contributed by atoms with van der Waals surface area (Å²) in [7, 11) is 0. The molecule has 34 heavy (non-hydrogen) atoms. The van der Waals surface area contributed by atoms with Gasteiger partial charge < -0.3 is 25.8 Å². The van der Waals surface area contributed by atoms with E-state index in [1.807, 2.05) is 29.3 Å². The van der Waals surface area contributed by atoms with Gasteiger partial charge in [-0.25, -0.2) is 4.98 Å². The average Bonchev–Trinajstić information content (AvgIpc) is 3.60. The van der Waals surface area contributed by atoms with Crippen molar-refractivity contribution in [2.75, 3.05) is 30.7 Å². The molecule has 5 heterocycles. The molecule has 0 bridgehead atoms. The van der Waals surface area contributed by atoms with Crippen molar-refractivity contribution in [3.63, 3.8) is 0 Å². The van der Waals surface area contributed by atoms with E-state index in [1.54, 1.807) is 23.5 Å². The Morgan fingerprint density at radius 2 is 2.09 bits per heavy atom. The number of benzene rings is 1. The van der Waals surface area contributed by atoms with Gasteiger partial charge in [0.1, 0.15) is 0 Å². The van der Waals surface area contributed by atoms with E-state index < -0.39 is 0 Å². The van der Waals surface area contributed by atoms with Crippen LogP contribution in [-0.4, -0.2) is 52.5 Å². The molecule has 0 radical (unpaired) electrons. The van der Waals surface area contributed by atoms with E-state index in [0.29, 0.717) is 34.4 Å². The molecule has 2 fully saturated rings. The number of anilines is 2. The van der Waals surface area contributed by atoms with Crippen LogP contribution < -0.4 is 16.4 Å². The lowest BCUT2D eigenvalue weighted by molar-refractivity contribution is -0.117. The van der Waals surface area contributed by atoms with Crippen molar-refractivity contribution in [1.29, 1.82) is 0 Å². The first kappa shape index (κ1) is 21.3. The molecule has 2 aliphatic heterocycles. The van der Waals surface area contributed by atoms with Crippen LogP contribution in [0.3, 0.4) is 0 Å². The molecule has 6 rings (SSSR count). The van der Waals surface area contributed by atoms with E-state index in [4.69, 9.17) is 10.3 Å². The van der Waals surface area contributed by atoms with Crippen molar-refractivity contribution >= 4 is 56.3 Å². The summed E-state index contributed by atoms with van der Waals surface area (Å²) >= 11 is 2.95. The van der Waals surface area contributed by atoms with Crippen molar-refractivity contribution in [2.24, 2.45) is 0 Å². The molecule has 11 heteroatoms. The molecule has 0 saturated carbocycles. The molecule has 0 unspecified atom stereocenters. The topological polar surface area (TPSA) is 126 Å². The molecule has 4 N–H and O–H groups in total. The molecule has 9 nitrogen and oxygen atoms in total. The summed E-state index contributed by atoms with van der Waals surface area (Å²) in [5.74, 6) is 0.555.